The number of hydrogen-bond acceptors (Lipinski definition) is 2. The van der Waals surface area contributed by atoms with Crippen LogP contribution in [-0.2, 0) is 6.18 Å². The number of halogens is 3. The number of aromatic amines is 1. The number of anilines is 2. The lowest BCUT2D eigenvalue weighted by atomic mass is 10.2. The second kappa shape index (κ2) is 4.80. The quantitative estimate of drug-likeness (QED) is 0.722. The van der Waals surface area contributed by atoms with Crippen molar-refractivity contribution in [3.8, 4) is 0 Å². The highest BCUT2D eigenvalue weighted by Gasteiger charge is 2.34. The first-order chi connectivity index (χ1) is 9.93. The van der Waals surface area contributed by atoms with Crippen LogP contribution in [0.5, 0.6) is 0 Å². The fourth-order valence-corrected chi connectivity index (χ4v) is 2.16. The summed E-state index contributed by atoms with van der Waals surface area (Å²) in [7, 11) is 0. The fourth-order valence-electron chi connectivity index (χ4n) is 2.16. The van der Waals surface area contributed by atoms with Crippen LogP contribution < -0.4 is 5.32 Å². The number of hydrogen-bond donors (Lipinski definition) is 2. The van der Waals surface area contributed by atoms with Gasteiger partial charge in [-0.15, -0.1) is 0 Å². The molecule has 0 aliphatic rings. The van der Waals surface area contributed by atoms with Crippen molar-refractivity contribution in [2.75, 3.05) is 5.32 Å². The molecule has 0 bridgehead atoms. The zero-order chi connectivity index (χ0) is 15.0. The molecule has 2 heterocycles. The summed E-state index contributed by atoms with van der Waals surface area (Å²) in [4.78, 5) is 6.71. The van der Waals surface area contributed by atoms with Gasteiger partial charge in [-0.2, -0.15) is 13.2 Å². The normalized spacial score (nSPS) is 11.8. The number of rotatable bonds is 2. The van der Waals surface area contributed by atoms with Crippen molar-refractivity contribution in [3.63, 3.8) is 0 Å². The third kappa shape index (κ3) is 2.69. The van der Waals surface area contributed by atoms with Gasteiger partial charge in [-0.3, -0.25) is 0 Å². The van der Waals surface area contributed by atoms with E-state index < -0.39 is 11.9 Å². The topological polar surface area (TPSA) is 40.7 Å². The number of benzene rings is 1. The van der Waals surface area contributed by atoms with E-state index in [1.54, 1.807) is 12.3 Å². The number of nitrogens with one attached hydrogen (secondary N) is 2. The van der Waals surface area contributed by atoms with Gasteiger partial charge in [0.2, 0.25) is 0 Å². The third-order valence-electron chi connectivity index (χ3n) is 3.19. The van der Waals surface area contributed by atoms with Crippen LogP contribution in [0.4, 0.5) is 24.7 Å². The van der Waals surface area contributed by atoms with Crippen LogP contribution in [-0.4, -0.2) is 9.97 Å². The molecule has 2 N–H and O–H groups in total. The van der Waals surface area contributed by atoms with Gasteiger partial charge < -0.3 is 10.3 Å². The maximum atomic E-state index is 12.8. The van der Waals surface area contributed by atoms with Gasteiger partial charge in [0.1, 0.15) is 11.5 Å². The van der Waals surface area contributed by atoms with E-state index in [1.165, 1.54) is 19.1 Å². The number of aryl methyl sites for hydroxylation is 1. The van der Waals surface area contributed by atoms with E-state index in [9.17, 15) is 13.2 Å². The summed E-state index contributed by atoms with van der Waals surface area (Å²) in [5, 5.41) is 3.93. The molecule has 0 saturated carbocycles. The van der Waals surface area contributed by atoms with Crippen LogP contribution in [0.25, 0.3) is 10.9 Å². The van der Waals surface area contributed by atoms with Crippen LogP contribution >= 0.6 is 0 Å². The summed E-state index contributed by atoms with van der Waals surface area (Å²) in [6, 6.07) is 10.4. The first-order valence-corrected chi connectivity index (χ1v) is 6.32. The Hall–Kier alpha value is -2.50. The maximum absolute atomic E-state index is 12.8. The van der Waals surface area contributed by atoms with Gasteiger partial charge in [-0.05, 0) is 42.1 Å². The molecular formula is C15H12F3N3. The van der Waals surface area contributed by atoms with Crippen molar-refractivity contribution in [2.45, 2.75) is 13.1 Å². The summed E-state index contributed by atoms with van der Waals surface area (Å²) < 4.78 is 38.5. The van der Waals surface area contributed by atoms with Gasteiger partial charge in [-0.25, -0.2) is 4.98 Å². The molecule has 3 rings (SSSR count). The Bertz CT molecular complexity index is 790. The van der Waals surface area contributed by atoms with E-state index in [4.69, 9.17) is 0 Å². The Labute approximate surface area is 118 Å². The molecule has 0 saturated heterocycles. The minimum absolute atomic E-state index is 0.105. The van der Waals surface area contributed by atoms with Crippen molar-refractivity contribution < 1.29 is 13.2 Å². The smallest absolute Gasteiger partial charge is 0.361 e. The van der Waals surface area contributed by atoms with Crippen LogP contribution in [0, 0.1) is 6.92 Å². The molecule has 2 aromatic heterocycles. The lowest BCUT2D eigenvalue weighted by Crippen LogP contribution is -2.11. The number of aromatic nitrogens is 2. The highest BCUT2D eigenvalue weighted by Crippen LogP contribution is 2.31. The van der Waals surface area contributed by atoms with Crippen LogP contribution in [0.3, 0.4) is 0 Å². The zero-order valence-corrected chi connectivity index (χ0v) is 11.1. The zero-order valence-electron chi connectivity index (χ0n) is 11.1. The monoisotopic (exact) mass is 291 g/mol. The molecule has 3 nitrogen and oxygen atoms in total. The summed E-state index contributed by atoms with van der Waals surface area (Å²) in [5.74, 6) is 0.166. The molecular weight excluding hydrogens is 279 g/mol. The molecule has 1 aromatic carbocycles. The molecule has 0 spiro atoms. The van der Waals surface area contributed by atoms with Gasteiger partial charge in [0.15, 0.2) is 0 Å². The molecule has 0 radical (unpaired) electrons. The number of nitrogens with zero attached hydrogens (tertiary/aromatic N) is 1. The second-order valence-corrected chi connectivity index (χ2v) is 4.76. The van der Waals surface area contributed by atoms with Gasteiger partial charge in [-0.1, -0.05) is 12.1 Å². The summed E-state index contributed by atoms with van der Waals surface area (Å²) in [6.07, 6.45) is -2.65. The van der Waals surface area contributed by atoms with E-state index in [0.29, 0.717) is 5.69 Å². The summed E-state index contributed by atoms with van der Waals surface area (Å²) in [6.45, 7) is 1.39. The first kappa shape index (κ1) is 13.5. The Kier molecular flexibility index (Phi) is 3.08. The average Bonchev–Trinajstić information content (AvgIpc) is 2.87. The lowest BCUT2D eigenvalue weighted by Gasteiger charge is -2.12. The largest absolute Gasteiger partial charge is 0.433 e. The molecule has 0 aliphatic heterocycles. The fraction of sp³-hybridized carbons (Fsp3) is 0.133. The minimum Gasteiger partial charge on any atom is -0.361 e. The van der Waals surface area contributed by atoms with E-state index in [0.717, 1.165) is 10.9 Å². The average molecular weight is 291 g/mol. The highest BCUT2D eigenvalue weighted by molar-refractivity contribution is 5.83. The SMILES string of the molecule is Cc1ccc(Nc2ccc3cc[nH]c3c2)nc1C(F)(F)F. The predicted molar refractivity (Wildman–Crippen MR) is 75.6 cm³/mol. The molecule has 0 amide bonds. The summed E-state index contributed by atoms with van der Waals surface area (Å²) in [5.41, 5.74) is 0.818. The molecule has 0 aliphatic carbocycles. The Morgan fingerprint density at radius 3 is 2.67 bits per heavy atom. The Morgan fingerprint density at radius 2 is 1.90 bits per heavy atom. The van der Waals surface area contributed by atoms with Gasteiger partial charge in [0.05, 0.1) is 0 Å². The van der Waals surface area contributed by atoms with Crippen LogP contribution in [0.15, 0.2) is 42.6 Å². The molecule has 0 fully saturated rings. The predicted octanol–water partition coefficient (Wildman–Crippen LogP) is 4.63. The molecule has 3 aromatic rings. The Morgan fingerprint density at radius 1 is 1.10 bits per heavy atom. The number of fused-ring (bicyclic) bond motifs is 1. The van der Waals surface area contributed by atoms with Gasteiger partial charge in [0, 0.05) is 17.4 Å². The first-order valence-electron chi connectivity index (χ1n) is 6.32. The van der Waals surface area contributed by atoms with E-state index in [-0.39, 0.29) is 11.4 Å². The van der Waals surface area contributed by atoms with Crippen LogP contribution in [0.2, 0.25) is 0 Å². The number of pyridine rings is 1. The molecule has 6 heteroatoms. The molecule has 0 unspecified atom stereocenters. The standard InChI is InChI=1S/C15H12F3N3/c1-9-2-5-13(21-14(9)15(16,17)18)20-11-4-3-10-6-7-19-12(10)8-11/h2-8,19H,1H3,(H,20,21). The van der Waals surface area contributed by atoms with Crippen molar-refractivity contribution in [1.82, 2.24) is 9.97 Å². The minimum atomic E-state index is -4.45. The third-order valence-corrected chi connectivity index (χ3v) is 3.19. The molecule has 108 valence electrons. The highest BCUT2D eigenvalue weighted by atomic mass is 19.4. The number of alkyl halides is 3. The van der Waals surface area contributed by atoms with Gasteiger partial charge in [0.25, 0.3) is 0 Å². The van der Waals surface area contributed by atoms with Crippen LogP contribution in [0.1, 0.15) is 11.3 Å². The van der Waals surface area contributed by atoms with Crippen molar-refractivity contribution in [3.05, 3.63) is 53.9 Å². The lowest BCUT2D eigenvalue weighted by molar-refractivity contribution is -0.141. The van der Waals surface area contributed by atoms with Crippen molar-refractivity contribution in [1.29, 1.82) is 0 Å². The van der Waals surface area contributed by atoms with Gasteiger partial charge >= 0.3 is 6.18 Å². The van der Waals surface area contributed by atoms with Crippen molar-refractivity contribution in [2.24, 2.45) is 0 Å². The van der Waals surface area contributed by atoms with Crippen molar-refractivity contribution >= 4 is 22.4 Å². The number of H-pyrrole nitrogens is 1. The van der Waals surface area contributed by atoms with E-state index in [2.05, 4.69) is 15.3 Å². The van der Waals surface area contributed by atoms with E-state index >= 15 is 0 Å². The maximum Gasteiger partial charge on any atom is 0.433 e. The second-order valence-electron chi connectivity index (χ2n) is 4.76. The van der Waals surface area contributed by atoms with E-state index in [1.807, 2.05) is 18.2 Å². The Balaban J connectivity index is 1.94. The summed E-state index contributed by atoms with van der Waals surface area (Å²) >= 11 is 0. The molecule has 0 atom stereocenters. The molecule has 21 heavy (non-hydrogen) atoms.